The van der Waals surface area contributed by atoms with Gasteiger partial charge < -0.3 is 19.7 Å². The normalized spacial score (nSPS) is 18.5. The van der Waals surface area contributed by atoms with Crippen molar-refractivity contribution in [1.29, 1.82) is 0 Å². The number of hydrogen-bond donors (Lipinski definition) is 2. The predicted octanol–water partition coefficient (Wildman–Crippen LogP) is 1.24. The highest BCUT2D eigenvalue weighted by atomic mass is 19.1. The highest BCUT2D eigenvalue weighted by Crippen LogP contribution is 2.36. The smallest absolute Gasteiger partial charge is 0.303 e. The Balaban J connectivity index is 2.34. The minimum absolute atomic E-state index is 0.0677. The number of halogens is 1. The predicted molar refractivity (Wildman–Crippen MR) is 57.1 cm³/mol. The third-order valence-corrected chi connectivity index (χ3v) is 2.61. The number of aliphatic hydroxyl groups is 2. The average Bonchev–Trinajstić information content (AvgIpc) is 2.79. The summed E-state index contributed by atoms with van der Waals surface area (Å²) in [7, 11) is 0. The molecule has 1 heterocycles. The van der Waals surface area contributed by atoms with Crippen molar-refractivity contribution >= 4 is 0 Å². The fourth-order valence-electron chi connectivity index (χ4n) is 1.79. The molecule has 0 bridgehead atoms. The van der Waals surface area contributed by atoms with Gasteiger partial charge in [-0.05, 0) is 12.1 Å². The number of hydrogen-bond acceptors (Lipinski definition) is 4. The maximum Gasteiger partial charge on any atom is 0.303 e. The van der Waals surface area contributed by atoms with Crippen LogP contribution in [0.25, 0.3) is 0 Å². The standard InChI is InChI=1S/C12H13FO4/c13-10-3-1-2-9(8-10)12(11(15)4-5-14)16-6-7-17-12/h1-3,6-8,11,14-15H,4-5H2. The molecule has 1 aliphatic heterocycles. The summed E-state index contributed by atoms with van der Waals surface area (Å²) in [6.07, 6.45) is 1.54. The van der Waals surface area contributed by atoms with E-state index in [1.165, 1.54) is 30.7 Å². The van der Waals surface area contributed by atoms with Crippen LogP contribution in [0.15, 0.2) is 36.8 Å². The summed E-state index contributed by atoms with van der Waals surface area (Å²) in [5.74, 6) is -1.91. The topological polar surface area (TPSA) is 58.9 Å². The molecule has 0 aliphatic carbocycles. The number of ether oxygens (including phenoxy) is 2. The van der Waals surface area contributed by atoms with Crippen LogP contribution in [0.3, 0.4) is 0 Å². The quantitative estimate of drug-likeness (QED) is 0.831. The Kier molecular flexibility index (Phi) is 3.31. The SMILES string of the molecule is OCCC(O)C1(c2cccc(F)c2)OC=CO1. The summed E-state index contributed by atoms with van der Waals surface area (Å²) >= 11 is 0. The van der Waals surface area contributed by atoms with Crippen molar-refractivity contribution in [2.75, 3.05) is 6.61 Å². The van der Waals surface area contributed by atoms with Gasteiger partial charge in [0.25, 0.3) is 0 Å². The molecular weight excluding hydrogens is 227 g/mol. The second kappa shape index (κ2) is 4.73. The first-order valence-corrected chi connectivity index (χ1v) is 5.24. The van der Waals surface area contributed by atoms with Gasteiger partial charge in [-0.15, -0.1) is 0 Å². The van der Waals surface area contributed by atoms with Gasteiger partial charge in [0, 0.05) is 18.6 Å². The zero-order valence-corrected chi connectivity index (χ0v) is 9.04. The fourth-order valence-corrected chi connectivity index (χ4v) is 1.79. The molecule has 5 heteroatoms. The summed E-state index contributed by atoms with van der Waals surface area (Å²) in [6, 6.07) is 5.62. The molecule has 2 rings (SSSR count). The zero-order chi connectivity index (χ0) is 12.3. The van der Waals surface area contributed by atoms with Crippen LogP contribution in [0, 0.1) is 5.82 Å². The molecule has 2 N–H and O–H groups in total. The first kappa shape index (κ1) is 11.9. The van der Waals surface area contributed by atoms with Crippen molar-refractivity contribution in [3.63, 3.8) is 0 Å². The summed E-state index contributed by atoms with van der Waals surface area (Å²) in [4.78, 5) is 0. The van der Waals surface area contributed by atoms with Gasteiger partial charge >= 0.3 is 5.79 Å². The van der Waals surface area contributed by atoms with Crippen LogP contribution in [-0.2, 0) is 15.3 Å². The van der Waals surface area contributed by atoms with Crippen LogP contribution >= 0.6 is 0 Å². The van der Waals surface area contributed by atoms with Gasteiger partial charge in [0.1, 0.15) is 24.4 Å². The van der Waals surface area contributed by atoms with Crippen LogP contribution in [0.1, 0.15) is 12.0 Å². The molecule has 1 unspecified atom stereocenters. The monoisotopic (exact) mass is 240 g/mol. The summed E-state index contributed by atoms with van der Waals surface area (Å²) in [6.45, 7) is -0.217. The third-order valence-electron chi connectivity index (χ3n) is 2.61. The lowest BCUT2D eigenvalue weighted by molar-refractivity contribution is -0.220. The molecule has 1 aliphatic rings. The molecule has 0 saturated carbocycles. The molecule has 92 valence electrons. The van der Waals surface area contributed by atoms with Crippen LogP contribution in [0.4, 0.5) is 4.39 Å². The van der Waals surface area contributed by atoms with E-state index in [-0.39, 0.29) is 13.0 Å². The lowest BCUT2D eigenvalue weighted by atomic mass is 9.97. The largest absolute Gasteiger partial charge is 0.451 e. The van der Waals surface area contributed by atoms with Crippen LogP contribution in [-0.4, -0.2) is 22.9 Å². The Morgan fingerprint density at radius 2 is 2.00 bits per heavy atom. The Labute approximate surface area is 97.9 Å². The summed E-state index contributed by atoms with van der Waals surface area (Å²) < 4.78 is 23.7. The van der Waals surface area contributed by atoms with E-state index in [9.17, 15) is 9.50 Å². The Hall–Kier alpha value is -1.59. The number of aliphatic hydroxyl groups excluding tert-OH is 2. The molecule has 1 aromatic carbocycles. The third kappa shape index (κ3) is 2.11. The summed E-state index contributed by atoms with van der Waals surface area (Å²) in [5, 5.41) is 18.8. The van der Waals surface area contributed by atoms with E-state index in [1.807, 2.05) is 0 Å². The van der Waals surface area contributed by atoms with Crippen LogP contribution in [0.5, 0.6) is 0 Å². The Morgan fingerprint density at radius 1 is 1.29 bits per heavy atom. The van der Waals surface area contributed by atoms with Crippen LogP contribution < -0.4 is 0 Å². The van der Waals surface area contributed by atoms with Gasteiger partial charge in [-0.3, -0.25) is 0 Å². The van der Waals surface area contributed by atoms with Crippen molar-refractivity contribution in [3.8, 4) is 0 Å². The van der Waals surface area contributed by atoms with Gasteiger partial charge in [0.15, 0.2) is 0 Å². The van der Waals surface area contributed by atoms with E-state index < -0.39 is 17.7 Å². The van der Waals surface area contributed by atoms with Gasteiger partial charge in [-0.2, -0.15) is 0 Å². The van der Waals surface area contributed by atoms with Crippen molar-refractivity contribution in [1.82, 2.24) is 0 Å². The van der Waals surface area contributed by atoms with Gasteiger partial charge in [0.05, 0.1) is 0 Å². The van der Waals surface area contributed by atoms with E-state index in [1.54, 1.807) is 6.07 Å². The molecule has 0 amide bonds. The second-order valence-corrected chi connectivity index (χ2v) is 3.71. The first-order chi connectivity index (χ1) is 8.19. The number of rotatable bonds is 4. The molecular formula is C12H13FO4. The zero-order valence-electron chi connectivity index (χ0n) is 9.04. The second-order valence-electron chi connectivity index (χ2n) is 3.71. The molecule has 17 heavy (non-hydrogen) atoms. The van der Waals surface area contributed by atoms with Gasteiger partial charge in [0.2, 0.25) is 0 Å². The highest BCUT2D eigenvalue weighted by molar-refractivity contribution is 5.24. The van der Waals surface area contributed by atoms with E-state index >= 15 is 0 Å². The van der Waals surface area contributed by atoms with Gasteiger partial charge in [-0.25, -0.2) is 4.39 Å². The molecule has 0 fully saturated rings. The molecule has 1 aromatic rings. The lowest BCUT2D eigenvalue weighted by Gasteiger charge is -2.32. The van der Waals surface area contributed by atoms with E-state index in [4.69, 9.17) is 14.6 Å². The van der Waals surface area contributed by atoms with Crippen molar-refractivity contribution in [2.45, 2.75) is 18.3 Å². The van der Waals surface area contributed by atoms with Crippen molar-refractivity contribution in [2.24, 2.45) is 0 Å². The maximum atomic E-state index is 13.2. The molecule has 0 aromatic heterocycles. The first-order valence-electron chi connectivity index (χ1n) is 5.24. The summed E-state index contributed by atoms with van der Waals surface area (Å²) in [5.41, 5.74) is 0.364. The molecule has 0 radical (unpaired) electrons. The van der Waals surface area contributed by atoms with Crippen LogP contribution in [0.2, 0.25) is 0 Å². The molecule has 1 atom stereocenters. The van der Waals surface area contributed by atoms with E-state index in [2.05, 4.69) is 0 Å². The average molecular weight is 240 g/mol. The maximum absolute atomic E-state index is 13.2. The minimum atomic E-state index is -1.47. The highest BCUT2D eigenvalue weighted by Gasteiger charge is 2.45. The number of benzene rings is 1. The molecule has 0 saturated heterocycles. The van der Waals surface area contributed by atoms with Gasteiger partial charge in [-0.1, -0.05) is 12.1 Å². The Morgan fingerprint density at radius 3 is 2.59 bits per heavy atom. The van der Waals surface area contributed by atoms with Crippen molar-refractivity contribution in [3.05, 3.63) is 48.2 Å². The molecule has 0 spiro atoms. The minimum Gasteiger partial charge on any atom is -0.451 e. The van der Waals surface area contributed by atoms with E-state index in [0.717, 1.165) is 0 Å². The van der Waals surface area contributed by atoms with E-state index in [0.29, 0.717) is 5.56 Å². The lowest BCUT2D eigenvalue weighted by Crippen LogP contribution is -2.41. The van der Waals surface area contributed by atoms with Crippen molar-refractivity contribution < 1.29 is 24.1 Å². The molecule has 4 nitrogen and oxygen atoms in total. The Bertz CT molecular complexity index is 411. The fraction of sp³-hybridized carbons (Fsp3) is 0.333.